The maximum Gasteiger partial charge on any atom is 0.416 e. The molecule has 4 nitrogen and oxygen atoms in total. The third-order valence-electron chi connectivity index (χ3n) is 5.18. The monoisotopic (exact) mass is 426 g/mol. The lowest BCUT2D eigenvalue weighted by atomic mass is 9.97. The second-order valence-electron chi connectivity index (χ2n) is 7.31. The van der Waals surface area contributed by atoms with Crippen LogP contribution >= 0.6 is 0 Å². The number of nitrogens with one attached hydrogen (secondary N) is 2. The molecule has 2 N–H and O–H groups in total. The van der Waals surface area contributed by atoms with Crippen LogP contribution in [0.1, 0.15) is 35.2 Å². The van der Waals surface area contributed by atoms with Crippen molar-refractivity contribution in [3.8, 4) is 5.75 Å². The molecule has 1 heterocycles. The first-order valence-electron chi connectivity index (χ1n) is 9.92. The Morgan fingerprint density at radius 3 is 2.48 bits per heavy atom. The van der Waals surface area contributed by atoms with Gasteiger partial charge in [-0.05, 0) is 29.8 Å². The number of alkyl halides is 3. The SMILES string of the molecule is O=C(Nc1cccc(C(F)(F)F)c1)[C@@H](N[C@H]1CCOc2ccccc21)c1ccccc1. The molecule has 0 spiro atoms. The summed E-state index contributed by atoms with van der Waals surface area (Å²) in [6.45, 7) is 0.505. The number of ether oxygens (including phenoxy) is 1. The summed E-state index contributed by atoms with van der Waals surface area (Å²) >= 11 is 0. The fraction of sp³-hybridized carbons (Fsp3) is 0.208. The zero-order chi connectivity index (χ0) is 21.8. The van der Waals surface area contributed by atoms with E-state index in [9.17, 15) is 18.0 Å². The number of anilines is 1. The molecule has 7 heteroatoms. The van der Waals surface area contributed by atoms with Crippen LogP contribution in [0.2, 0.25) is 0 Å². The zero-order valence-corrected chi connectivity index (χ0v) is 16.5. The molecule has 0 aromatic heterocycles. The van der Waals surface area contributed by atoms with E-state index in [-0.39, 0.29) is 11.7 Å². The number of hydrogen-bond donors (Lipinski definition) is 2. The molecule has 1 aliphatic heterocycles. The first kappa shape index (κ1) is 20.9. The molecule has 1 amide bonds. The first-order valence-corrected chi connectivity index (χ1v) is 9.92. The van der Waals surface area contributed by atoms with Gasteiger partial charge in [-0.15, -0.1) is 0 Å². The number of benzene rings is 3. The standard InChI is InChI=1S/C24H21F3N2O2/c25-24(26,27)17-9-6-10-18(15-17)28-23(30)22(16-7-2-1-3-8-16)29-20-13-14-31-21-12-5-4-11-19(20)21/h1-12,15,20,22,29H,13-14H2,(H,28,30)/t20-,22-/m0/s1. The van der Waals surface area contributed by atoms with Gasteiger partial charge in [-0.25, -0.2) is 0 Å². The van der Waals surface area contributed by atoms with Gasteiger partial charge in [-0.2, -0.15) is 13.2 Å². The summed E-state index contributed by atoms with van der Waals surface area (Å²) in [5, 5.41) is 6.01. The van der Waals surface area contributed by atoms with Gasteiger partial charge in [0.15, 0.2) is 0 Å². The Balaban J connectivity index is 1.60. The van der Waals surface area contributed by atoms with Crippen LogP contribution in [0.25, 0.3) is 0 Å². The summed E-state index contributed by atoms with van der Waals surface area (Å²) < 4.78 is 44.8. The maximum absolute atomic E-state index is 13.2. The van der Waals surface area contributed by atoms with Crippen LogP contribution < -0.4 is 15.4 Å². The number of carbonyl (C=O) groups excluding carboxylic acids is 1. The lowest BCUT2D eigenvalue weighted by molar-refractivity contribution is -0.137. The Morgan fingerprint density at radius 2 is 1.71 bits per heavy atom. The predicted molar refractivity (Wildman–Crippen MR) is 112 cm³/mol. The minimum absolute atomic E-state index is 0.0925. The van der Waals surface area contributed by atoms with Gasteiger partial charge in [0.25, 0.3) is 0 Å². The van der Waals surface area contributed by atoms with Gasteiger partial charge in [0, 0.05) is 23.7 Å². The number of halogens is 3. The summed E-state index contributed by atoms with van der Waals surface area (Å²) in [4.78, 5) is 13.2. The number of carbonyl (C=O) groups is 1. The van der Waals surface area contributed by atoms with E-state index in [2.05, 4.69) is 10.6 Å². The molecule has 0 bridgehead atoms. The Labute approximate surface area is 178 Å². The Morgan fingerprint density at radius 1 is 0.968 bits per heavy atom. The van der Waals surface area contributed by atoms with E-state index in [4.69, 9.17) is 4.74 Å². The van der Waals surface area contributed by atoms with Crippen LogP contribution in [-0.2, 0) is 11.0 Å². The van der Waals surface area contributed by atoms with Gasteiger partial charge < -0.3 is 10.1 Å². The minimum atomic E-state index is -4.48. The fourth-order valence-electron chi connectivity index (χ4n) is 3.67. The molecule has 0 fully saturated rings. The lowest BCUT2D eigenvalue weighted by Gasteiger charge is -2.30. The van der Waals surface area contributed by atoms with Crippen molar-refractivity contribution in [2.45, 2.75) is 24.7 Å². The summed E-state index contributed by atoms with van der Waals surface area (Å²) in [6.07, 6.45) is -3.82. The van der Waals surface area contributed by atoms with Crippen molar-refractivity contribution in [3.05, 3.63) is 95.6 Å². The van der Waals surface area contributed by atoms with E-state index in [0.717, 1.165) is 29.0 Å². The van der Waals surface area contributed by atoms with Crippen LogP contribution in [-0.4, -0.2) is 12.5 Å². The van der Waals surface area contributed by atoms with Crippen molar-refractivity contribution in [2.24, 2.45) is 0 Å². The fourth-order valence-corrected chi connectivity index (χ4v) is 3.67. The van der Waals surface area contributed by atoms with Crippen molar-refractivity contribution < 1.29 is 22.7 Å². The van der Waals surface area contributed by atoms with Gasteiger partial charge >= 0.3 is 6.18 Å². The molecule has 160 valence electrons. The van der Waals surface area contributed by atoms with Gasteiger partial charge in [-0.1, -0.05) is 54.6 Å². The van der Waals surface area contributed by atoms with Gasteiger partial charge in [0.05, 0.1) is 12.2 Å². The van der Waals surface area contributed by atoms with E-state index < -0.39 is 23.7 Å². The Hall–Kier alpha value is -3.32. The average Bonchev–Trinajstić information content (AvgIpc) is 2.77. The van der Waals surface area contributed by atoms with E-state index in [0.29, 0.717) is 13.0 Å². The van der Waals surface area contributed by atoms with Crippen molar-refractivity contribution in [1.29, 1.82) is 0 Å². The topological polar surface area (TPSA) is 50.4 Å². The lowest BCUT2D eigenvalue weighted by Crippen LogP contribution is -2.37. The highest BCUT2D eigenvalue weighted by Gasteiger charge is 2.31. The first-order chi connectivity index (χ1) is 14.9. The smallest absolute Gasteiger partial charge is 0.416 e. The van der Waals surface area contributed by atoms with Crippen LogP contribution in [0.15, 0.2) is 78.9 Å². The maximum atomic E-state index is 13.2. The molecule has 3 aromatic rings. The molecule has 4 rings (SSSR count). The molecule has 0 saturated carbocycles. The van der Waals surface area contributed by atoms with Crippen LogP contribution in [0, 0.1) is 0 Å². The Kier molecular flexibility index (Phi) is 5.95. The van der Waals surface area contributed by atoms with Crippen LogP contribution in [0.4, 0.5) is 18.9 Å². The average molecular weight is 426 g/mol. The highest BCUT2D eigenvalue weighted by atomic mass is 19.4. The number of para-hydroxylation sites is 1. The molecule has 0 aliphatic carbocycles. The quantitative estimate of drug-likeness (QED) is 0.567. The second-order valence-corrected chi connectivity index (χ2v) is 7.31. The molecular weight excluding hydrogens is 405 g/mol. The normalized spacial score (nSPS) is 16.7. The molecule has 0 saturated heterocycles. The van der Waals surface area contributed by atoms with E-state index >= 15 is 0 Å². The highest BCUT2D eigenvalue weighted by Crippen LogP contribution is 2.34. The molecule has 0 unspecified atom stereocenters. The molecule has 0 radical (unpaired) electrons. The molecule has 31 heavy (non-hydrogen) atoms. The highest BCUT2D eigenvalue weighted by molar-refractivity contribution is 5.95. The van der Waals surface area contributed by atoms with E-state index in [1.165, 1.54) is 12.1 Å². The molecule has 3 aromatic carbocycles. The van der Waals surface area contributed by atoms with Crippen LogP contribution in [0.3, 0.4) is 0 Å². The van der Waals surface area contributed by atoms with Crippen LogP contribution in [0.5, 0.6) is 5.75 Å². The molecule has 2 atom stereocenters. The van der Waals surface area contributed by atoms with Crippen molar-refractivity contribution in [1.82, 2.24) is 5.32 Å². The van der Waals surface area contributed by atoms with Gasteiger partial charge in [0.1, 0.15) is 11.8 Å². The van der Waals surface area contributed by atoms with Gasteiger partial charge in [0.2, 0.25) is 5.91 Å². The summed E-state index contributed by atoms with van der Waals surface area (Å²) in [7, 11) is 0. The zero-order valence-electron chi connectivity index (χ0n) is 16.5. The van der Waals surface area contributed by atoms with Crippen molar-refractivity contribution in [3.63, 3.8) is 0 Å². The summed E-state index contributed by atoms with van der Waals surface area (Å²) in [6, 6.07) is 20.5. The minimum Gasteiger partial charge on any atom is -0.493 e. The van der Waals surface area contributed by atoms with Gasteiger partial charge in [-0.3, -0.25) is 10.1 Å². The Bertz CT molecular complexity index is 1050. The third kappa shape index (κ3) is 4.88. The van der Waals surface area contributed by atoms with E-state index in [1.54, 1.807) is 0 Å². The number of fused-ring (bicyclic) bond motifs is 1. The largest absolute Gasteiger partial charge is 0.493 e. The number of amides is 1. The molecular formula is C24H21F3N2O2. The van der Waals surface area contributed by atoms with E-state index in [1.807, 2.05) is 54.6 Å². The van der Waals surface area contributed by atoms with Crippen molar-refractivity contribution >= 4 is 11.6 Å². The summed E-state index contributed by atoms with van der Waals surface area (Å²) in [5.41, 5.74) is 0.945. The third-order valence-corrected chi connectivity index (χ3v) is 5.18. The predicted octanol–water partition coefficient (Wildman–Crippen LogP) is 5.50. The second kappa shape index (κ2) is 8.81. The number of rotatable bonds is 5. The molecule has 1 aliphatic rings. The van der Waals surface area contributed by atoms with Crippen molar-refractivity contribution in [2.75, 3.05) is 11.9 Å². The summed E-state index contributed by atoms with van der Waals surface area (Å²) in [5.74, 6) is 0.325. The number of hydrogen-bond acceptors (Lipinski definition) is 3.